The Hall–Kier alpha value is -2.02. The molecule has 0 aromatic heterocycles. The van der Waals surface area contributed by atoms with Crippen LogP contribution in [0.15, 0.2) is 18.2 Å². The third-order valence-electron chi connectivity index (χ3n) is 9.39. The Bertz CT molecular complexity index is 1060. The first-order chi connectivity index (χ1) is 18.0. The lowest BCUT2D eigenvalue weighted by Crippen LogP contribution is -2.54. The summed E-state index contributed by atoms with van der Waals surface area (Å²) in [5.74, 6) is -1.77. The van der Waals surface area contributed by atoms with Gasteiger partial charge in [0.1, 0.15) is 11.6 Å². The van der Waals surface area contributed by atoms with Crippen LogP contribution in [0.2, 0.25) is 0 Å². The summed E-state index contributed by atoms with van der Waals surface area (Å²) in [5.41, 5.74) is 0.0408. The van der Waals surface area contributed by atoms with Gasteiger partial charge in [0.2, 0.25) is 11.8 Å². The molecule has 2 heterocycles. The van der Waals surface area contributed by atoms with Crippen molar-refractivity contribution < 1.29 is 18.4 Å². The second kappa shape index (κ2) is 10.8. The number of halogens is 2. The first-order valence-electron chi connectivity index (χ1n) is 14.8. The van der Waals surface area contributed by atoms with Crippen molar-refractivity contribution in [2.24, 2.45) is 16.7 Å². The molecule has 1 aromatic rings. The minimum Gasteiger partial charge on any atom is -0.340 e. The van der Waals surface area contributed by atoms with E-state index in [-0.39, 0.29) is 35.4 Å². The second-order valence-corrected chi connectivity index (χ2v) is 15.0. The number of nitrogens with zero attached hydrogens (tertiary/aromatic N) is 3. The van der Waals surface area contributed by atoms with E-state index in [4.69, 9.17) is 0 Å². The quantitative estimate of drug-likeness (QED) is 0.451. The Morgan fingerprint density at radius 1 is 0.923 bits per heavy atom. The van der Waals surface area contributed by atoms with Crippen molar-refractivity contribution in [2.45, 2.75) is 111 Å². The van der Waals surface area contributed by atoms with Gasteiger partial charge in [-0.05, 0) is 69.9 Å². The van der Waals surface area contributed by atoms with Gasteiger partial charge in [-0.25, -0.2) is 8.78 Å². The highest BCUT2D eigenvalue weighted by atomic mass is 19.1. The van der Waals surface area contributed by atoms with Crippen molar-refractivity contribution in [1.82, 2.24) is 14.7 Å². The summed E-state index contributed by atoms with van der Waals surface area (Å²) in [4.78, 5) is 34.1. The third-order valence-corrected chi connectivity index (χ3v) is 9.39. The summed E-state index contributed by atoms with van der Waals surface area (Å²) < 4.78 is 28.6. The zero-order valence-electron chi connectivity index (χ0n) is 25.3. The minimum atomic E-state index is -0.609. The Labute approximate surface area is 234 Å². The molecule has 2 aliphatic heterocycles. The smallest absolute Gasteiger partial charge is 0.228 e. The van der Waals surface area contributed by atoms with Crippen LogP contribution in [0.25, 0.3) is 0 Å². The van der Waals surface area contributed by atoms with E-state index in [2.05, 4.69) is 44.4 Å². The zero-order chi connectivity index (χ0) is 28.9. The van der Waals surface area contributed by atoms with Gasteiger partial charge in [-0.15, -0.1) is 0 Å². The molecule has 2 saturated heterocycles. The van der Waals surface area contributed by atoms with Crippen LogP contribution in [0.5, 0.6) is 0 Å². The summed E-state index contributed by atoms with van der Waals surface area (Å²) in [6.07, 6.45) is 4.94. The van der Waals surface area contributed by atoms with Gasteiger partial charge in [0.25, 0.3) is 0 Å². The molecule has 0 spiro atoms. The maximum Gasteiger partial charge on any atom is 0.228 e. The Balaban J connectivity index is 1.56. The van der Waals surface area contributed by atoms with Gasteiger partial charge in [0.05, 0.1) is 12.0 Å². The van der Waals surface area contributed by atoms with Crippen molar-refractivity contribution in [3.8, 4) is 0 Å². The molecule has 0 unspecified atom stereocenters. The summed E-state index contributed by atoms with van der Waals surface area (Å²) in [6, 6.07) is 3.90. The highest BCUT2D eigenvalue weighted by Crippen LogP contribution is 2.41. The van der Waals surface area contributed by atoms with Crippen LogP contribution in [-0.4, -0.2) is 70.3 Å². The average Bonchev–Trinajstić information content (AvgIpc) is 3.47. The molecule has 0 N–H and O–H groups in total. The molecule has 39 heavy (non-hydrogen) atoms. The van der Waals surface area contributed by atoms with E-state index in [1.54, 1.807) is 0 Å². The number of benzene rings is 1. The third kappa shape index (κ3) is 6.49. The SMILES string of the molecule is CC1(C)CCC(N(C(=O)C(C)(C)C)[C@H]2CCN(C(=O)[C@@H]3CN(C(C)(C)C)C[C@H]3c3ccc(F)cc3F)C2)CC1. The highest BCUT2D eigenvalue weighted by Gasteiger charge is 2.47. The van der Waals surface area contributed by atoms with Gasteiger partial charge in [-0.2, -0.15) is 0 Å². The molecule has 0 bridgehead atoms. The van der Waals surface area contributed by atoms with Crippen LogP contribution in [0.1, 0.15) is 99.0 Å². The number of amides is 2. The van der Waals surface area contributed by atoms with Crippen molar-refractivity contribution in [2.75, 3.05) is 26.2 Å². The molecule has 1 aliphatic carbocycles. The normalized spacial score (nSPS) is 26.7. The molecule has 0 radical (unpaired) electrons. The zero-order valence-corrected chi connectivity index (χ0v) is 25.3. The first-order valence-corrected chi connectivity index (χ1v) is 14.8. The molecule has 3 aliphatic rings. The highest BCUT2D eigenvalue weighted by molar-refractivity contribution is 5.83. The molecule has 218 valence electrons. The minimum absolute atomic E-state index is 0.00647. The number of rotatable bonds is 4. The van der Waals surface area contributed by atoms with E-state index in [1.807, 2.05) is 25.7 Å². The van der Waals surface area contributed by atoms with Crippen LogP contribution in [-0.2, 0) is 9.59 Å². The van der Waals surface area contributed by atoms with E-state index >= 15 is 0 Å². The van der Waals surface area contributed by atoms with E-state index in [1.165, 1.54) is 12.1 Å². The van der Waals surface area contributed by atoms with Crippen LogP contribution >= 0.6 is 0 Å². The molecule has 2 amide bonds. The van der Waals surface area contributed by atoms with Gasteiger partial charge in [-0.1, -0.05) is 40.7 Å². The number of hydrogen-bond acceptors (Lipinski definition) is 3. The second-order valence-electron chi connectivity index (χ2n) is 15.0. The van der Waals surface area contributed by atoms with Crippen LogP contribution in [0, 0.1) is 28.4 Å². The number of carbonyl (C=O) groups is 2. The fourth-order valence-electron chi connectivity index (χ4n) is 6.80. The van der Waals surface area contributed by atoms with Crippen LogP contribution < -0.4 is 0 Å². The maximum absolute atomic E-state index is 14.9. The van der Waals surface area contributed by atoms with Gasteiger partial charge in [0.15, 0.2) is 0 Å². The van der Waals surface area contributed by atoms with E-state index in [0.717, 1.165) is 38.2 Å². The van der Waals surface area contributed by atoms with Crippen molar-refractivity contribution >= 4 is 11.8 Å². The lowest BCUT2D eigenvalue weighted by atomic mass is 9.74. The van der Waals surface area contributed by atoms with Gasteiger partial charge in [-0.3, -0.25) is 14.5 Å². The van der Waals surface area contributed by atoms with Crippen molar-refractivity contribution in [3.63, 3.8) is 0 Å². The average molecular weight is 546 g/mol. The summed E-state index contributed by atoms with van der Waals surface area (Å²) in [5, 5.41) is 0. The van der Waals surface area contributed by atoms with E-state index in [0.29, 0.717) is 37.2 Å². The lowest BCUT2D eigenvalue weighted by Gasteiger charge is -2.45. The topological polar surface area (TPSA) is 43.9 Å². The molecular formula is C32H49F2N3O2. The summed E-state index contributed by atoms with van der Waals surface area (Å²) in [7, 11) is 0. The molecule has 7 heteroatoms. The fourth-order valence-corrected chi connectivity index (χ4v) is 6.80. The maximum atomic E-state index is 14.9. The fraction of sp³-hybridized carbons (Fsp3) is 0.750. The molecular weight excluding hydrogens is 496 g/mol. The number of hydrogen-bond donors (Lipinski definition) is 0. The van der Waals surface area contributed by atoms with Crippen molar-refractivity contribution in [1.29, 1.82) is 0 Å². The van der Waals surface area contributed by atoms with Crippen LogP contribution in [0.4, 0.5) is 8.78 Å². The van der Waals surface area contributed by atoms with E-state index in [9.17, 15) is 18.4 Å². The standard InChI is InChI=1S/C32H49F2N3O2/c1-30(2,3)29(39)37(22-11-14-32(7,8)15-12-22)23-13-16-35(18-23)28(38)26-20-36(31(4,5)6)19-25(26)24-10-9-21(33)17-27(24)34/h9-10,17,22-23,25-26H,11-16,18-20H2,1-8H3/t23-,25-,26+/m0/s1. The monoisotopic (exact) mass is 545 g/mol. The predicted molar refractivity (Wildman–Crippen MR) is 151 cm³/mol. The molecule has 1 aromatic carbocycles. The Kier molecular flexibility index (Phi) is 8.26. The van der Waals surface area contributed by atoms with Gasteiger partial charge in [0, 0.05) is 55.2 Å². The van der Waals surface area contributed by atoms with Gasteiger partial charge >= 0.3 is 0 Å². The van der Waals surface area contributed by atoms with Crippen molar-refractivity contribution in [3.05, 3.63) is 35.4 Å². The predicted octanol–water partition coefficient (Wildman–Crippen LogP) is 6.22. The molecule has 1 saturated carbocycles. The van der Waals surface area contributed by atoms with E-state index < -0.39 is 23.0 Å². The van der Waals surface area contributed by atoms with Crippen LogP contribution in [0.3, 0.4) is 0 Å². The van der Waals surface area contributed by atoms with Gasteiger partial charge < -0.3 is 9.80 Å². The molecule has 3 fully saturated rings. The molecule has 4 rings (SSSR count). The molecule has 3 atom stereocenters. The largest absolute Gasteiger partial charge is 0.340 e. The number of carbonyl (C=O) groups excluding carboxylic acids is 2. The Morgan fingerprint density at radius 2 is 1.56 bits per heavy atom. The Morgan fingerprint density at radius 3 is 2.13 bits per heavy atom. The first kappa shape index (κ1) is 30.0. The summed E-state index contributed by atoms with van der Waals surface area (Å²) in [6.45, 7) is 19.1. The lowest BCUT2D eigenvalue weighted by molar-refractivity contribution is -0.147. The number of likely N-dealkylation sites (tertiary alicyclic amines) is 2. The molecule has 5 nitrogen and oxygen atoms in total. The summed E-state index contributed by atoms with van der Waals surface area (Å²) >= 11 is 0.